The number of hydrogen-bond donors (Lipinski definition) is 2. The Morgan fingerprint density at radius 2 is 2.00 bits per heavy atom. The zero-order chi connectivity index (χ0) is 9.97. The van der Waals surface area contributed by atoms with Crippen molar-refractivity contribution in [1.82, 2.24) is 10.2 Å². The van der Waals surface area contributed by atoms with E-state index in [0.29, 0.717) is 11.0 Å². The molecule has 2 N–H and O–H groups in total. The minimum absolute atomic E-state index is 0.272. The van der Waals surface area contributed by atoms with Crippen molar-refractivity contribution in [3.8, 4) is 11.5 Å². The van der Waals surface area contributed by atoms with Crippen LogP contribution in [0.25, 0.3) is 11.5 Å². The first-order valence-electron chi connectivity index (χ1n) is 4.00. The van der Waals surface area contributed by atoms with Gasteiger partial charge in [-0.15, -0.1) is 10.2 Å². The van der Waals surface area contributed by atoms with Crippen LogP contribution in [0.1, 0.15) is 0 Å². The largest absolute Gasteiger partial charge is 0.489 e. The van der Waals surface area contributed by atoms with Crippen molar-refractivity contribution >= 4 is 12.6 Å². The molecule has 0 unspecified atom stereocenters. The maximum atomic E-state index is 9.07. The molecule has 70 valence electrons. The second kappa shape index (κ2) is 3.61. The van der Waals surface area contributed by atoms with E-state index in [9.17, 15) is 0 Å². The van der Waals surface area contributed by atoms with Gasteiger partial charge in [-0.25, -0.2) is 0 Å². The van der Waals surface area contributed by atoms with Gasteiger partial charge in [0.15, 0.2) is 0 Å². The SMILES string of the molecule is OB(O)c1ccccc1-c1nnco1. The molecule has 5 nitrogen and oxygen atoms in total. The van der Waals surface area contributed by atoms with Crippen LogP contribution in [0.2, 0.25) is 0 Å². The highest BCUT2D eigenvalue weighted by molar-refractivity contribution is 6.60. The Kier molecular flexibility index (Phi) is 2.30. The minimum Gasteiger partial charge on any atom is -0.423 e. The van der Waals surface area contributed by atoms with Gasteiger partial charge in [0.25, 0.3) is 0 Å². The summed E-state index contributed by atoms with van der Waals surface area (Å²) in [6.45, 7) is 0. The van der Waals surface area contributed by atoms with E-state index in [0.717, 1.165) is 0 Å². The minimum atomic E-state index is -1.54. The maximum Gasteiger partial charge on any atom is 0.489 e. The Bertz CT molecular complexity index is 416. The first-order chi connectivity index (χ1) is 6.79. The molecule has 0 fully saturated rings. The average molecular weight is 190 g/mol. The fourth-order valence-electron chi connectivity index (χ4n) is 1.21. The Labute approximate surface area is 80.2 Å². The summed E-state index contributed by atoms with van der Waals surface area (Å²) in [6.07, 6.45) is 1.19. The lowest BCUT2D eigenvalue weighted by Crippen LogP contribution is -2.31. The van der Waals surface area contributed by atoms with Crippen molar-refractivity contribution < 1.29 is 14.5 Å². The summed E-state index contributed by atoms with van der Waals surface area (Å²) in [5, 5.41) is 25.3. The molecule has 1 heterocycles. The monoisotopic (exact) mass is 190 g/mol. The third kappa shape index (κ3) is 1.52. The lowest BCUT2D eigenvalue weighted by molar-refractivity contribution is 0.425. The molecule has 0 radical (unpaired) electrons. The van der Waals surface area contributed by atoms with E-state index in [2.05, 4.69) is 10.2 Å². The van der Waals surface area contributed by atoms with Crippen molar-refractivity contribution in [3.05, 3.63) is 30.7 Å². The normalized spacial score (nSPS) is 10.1. The molecule has 0 aliphatic rings. The molecule has 6 heteroatoms. The molecule has 1 aromatic heterocycles. The van der Waals surface area contributed by atoms with Gasteiger partial charge in [0.1, 0.15) is 0 Å². The van der Waals surface area contributed by atoms with Gasteiger partial charge in [0, 0.05) is 5.56 Å². The van der Waals surface area contributed by atoms with Crippen LogP contribution in [0.5, 0.6) is 0 Å². The summed E-state index contributed by atoms with van der Waals surface area (Å²) in [5.41, 5.74) is 0.872. The van der Waals surface area contributed by atoms with Crippen LogP contribution in [0.4, 0.5) is 0 Å². The molecule has 0 atom stereocenters. The van der Waals surface area contributed by atoms with Crippen LogP contribution in [-0.2, 0) is 0 Å². The standard InChI is InChI=1S/C8H7BN2O3/c12-9(13)7-4-2-1-3-6(7)8-11-10-5-14-8/h1-5,12-13H. The molecule has 0 aliphatic carbocycles. The molecule has 0 bridgehead atoms. The predicted molar refractivity (Wildman–Crippen MR) is 49.6 cm³/mol. The van der Waals surface area contributed by atoms with Gasteiger partial charge < -0.3 is 14.5 Å². The van der Waals surface area contributed by atoms with E-state index < -0.39 is 7.12 Å². The first kappa shape index (κ1) is 8.92. The Hall–Kier alpha value is -1.66. The zero-order valence-electron chi connectivity index (χ0n) is 7.16. The van der Waals surface area contributed by atoms with Crippen molar-refractivity contribution in [3.63, 3.8) is 0 Å². The van der Waals surface area contributed by atoms with Gasteiger partial charge in [0.2, 0.25) is 12.3 Å². The van der Waals surface area contributed by atoms with Crippen LogP contribution >= 0.6 is 0 Å². The van der Waals surface area contributed by atoms with E-state index in [4.69, 9.17) is 14.5 Å². The van der Waals surface area contributed by atoms with E-state index in [-0.39, 0.29) is 5.89 Å². The number of aromatic nitrogens is 2. The van der Waals surface area contributed by atoms with Crippen LogP contribution in [0, 0.1) is 0 Å². The lowest BCUT2D eigenvalue weighted by Gasteiger charge is -2.03. The topological polar surface area (TPSA) is 79.4 Å². The Morgan fingerprint density at radius 1 is 1.21 bits per heavy atom. The van der Waals surface area contributed by atoms with Crippen LogP contribution < -0.4 is 5.46 Å². The molecule has 0 saturated carbocycles. The zero-order valence-corrected chi connectivity index (χ0v) is 7.16. The quantitative estimate of drug-likeness (QED) is 0.619. The van der Waals surface area contributed by atoms with E-state index >= 15 is 0 Å². The van der Waals surface area contributed by atoms with Crippen molar-refractivity contribution in [2.75, 3.05) is 0 Å². The molecule has 2 rings (SSSR count). The summed E-state index contributed by atoms with van der Waals surface area (Å²) in [4.78, 5) is 0. The first-order valence-corrected chi connectivity index (χ1v) is 4.00. The number of benzene rings is 1. The summed E-state index contributed by atoms with van der Waals surface area (Å²) >= 11 is 0. The molecular formula is C8H7BN2O3. The van der Waals surface area contributed by atoms with Gasteiger partial charge in [-0.1, -0.05) is 18.2 Å². The number of nitrogens with zero attached hydrogens (tertiary/aromatic N) is 2. The molecule has 2 aromatic rings. The van der Waals surface area contributed by atoms with Crippen molar-refractivity contribution in [2.24, 2.45) is 0 Å². The third-order valence-corrected chi connectivity index (χ3v) is 1.83. The molecule has 0 spiro atoms. The van der Waals surface area contributed by atoms with Gasteiger partial charge >= 0.3 is 7.12 Å². The van der Waals surface area contributed by atoms with Crippen molar-refractivity contribution in [2.45, 2.75) is 0 Å². The molecule has 0 aliphatic heterocycles. The summed E-state index contributed by atoms with van der Waals surface area (Å²) in [7, 11) is -1.54. The van der Waals surface area contributed by atoms with Crippen molar-refractivity contribution in [1.29, 1.82) is 0 Å². The van der Waals surface area contributed by atoms with Gasteiger partial charge in [0.05, 0.1) is 0 Å². The highest BCUT2D eigenvalue weighted by atomic mass is 16.4. The average Bonchev–Trinajstić information content (AvgIpc) is 2.70. The van der Waals surface area contributed by atoms with Crippen LogP contribution in [-0.4, -0.2) is 27.4 Å². The summed E-state index contributed by atoms with van der Waals surface area (Å²) < 4.78 is 4.97. The second-order valence-electron chi connectivity index (χ2n) is 2.70. The summed E-state index contributed by atoms with van der Waals surface area (Å²) in [6, 6.07) is 6.73. The predicted octanol–water partition coefficient (Wildman–Crippen LogP) is -0.584. The number of hydrogen-bond acceptors (Lipinski definition) is 5. The van der Waals surface area contributed by atoms with Crippen LogP contribution in [0.15, 0.2) is 35.1 Å². The van der Waals surface area contributed by atoms with E-state index in [1.165, 1.54) is 6.39 Å². The Balaban J connectivity index is 2.53. The third-order valence-electron chi connectivity index (χ3n) is 1.83. The van der Waals surface area contributed by atoms with Crippen LogP contribution in [0.3, 0.4) is 0 Å². The van der Waals surface area contributed by atoms with Gasteiger partial charge in [-0.05, 0) is 11.5 Å². The maximum absolute atomic E-state index is 9.07. The lowest BCUT2D eigenvalue weighted by atomic mass is 9.77. The molecule has 1 aromatic carbocycles. The smallest absolute Gasteiger partial charge is 0.423 e. The summed E-state index contributed by atoms with van der Waals surface area (Å²) in [5.74, 6) is 0.272. The highest BCUT2D eigenvalue weighted by Crippen LogP contribution is 2.13. The fourth-order valence-corrected chi connectivity index (χ4v) is 1.21. The second-order valence-corrected chi connectivity index (χ2v) is 2.70. The van der Waals surface area contributed by atoms with Gasteiger partial charge in [-0.3, -0.25) is 0 Å². The molecule has 14 heavy (non-hydrogen) atoms. The number of rotatable bonds is 2. The Morgan fingerprint density at radius 3 is 2.64 bits per heavy atom. The van der Waals surface area contributed by atoms with Gasteiger partial charge in [-0.2, -0.15) is 0 Å². The molecule has 0 saturated heterocycles. The molecule has 0 amide bonds. The van der Waals surface area contributed by atoms with E-state index in [1.807, 2.05) is 0 Å². The fraction of sp³-hybridized carbons (Fsp3) is 0. The van der Waals surface area contributed by atoms with E-state index in [1.54, 1.807) is 24.3 Å². The highest BCUT2D eigenvalue weighted by Gasteiger charge is 2.18. The molecular weight excluding hydrogens is 183 g/mol.